The van der Waals surface area contributed by atoms with E-state index in [0.717, 1.165) is 175 Å². The summed E-state index contributed by atoms with van der Waals surface area (Å²) in [5.41, 5.74) is 13.3. The second-order valence-electron chi connectivity index (χ2n) is 22.5. The Hall–Kier alpha value is -9.44. The number of thiophene rings is 4. The highest BCUT2D eigenvalue weighted by Crippen LogP contribution is 2.55. The topological polar surface area (TPSA) is 82.1 Å². The zero-order valence-corrected chi connectivity index (χ0v) is 51.5. The highest BCUT2D eigenvalue weighted by molar-refractivity contribution is 8.00. The molecule has 1 saturated carbocycles. The SMILES string of the molecule is [C-]#[N+]c1ccc2sc3ccc(-c4c(-c5ccc6sc7ccc(C#N)cc7c6c5)c(-c5ccc6sc7ccc(C#N)cc7c6c5)c5nc6c(SC7CCCCC7)ccc(Sc7ccccc7)c6nc5c4-c4ccc5sc6ccc([N+]#[C-])cc6c5c4)cc3c2c1. The van der Waals surface area contributed by atoms with Gasteiger partial charge in [0, 0.05) is 101 Å². The first-order valence-electron chi connectivity index (χ1n) is 29.0. The third-order valence-electron chi connectivity index (χ3n) is 17.3. The predicted molar refractivity (Wildman–Crippen MR) is 376 cm³/mol. The molecule has 6 nitrogen and oxygen atoms in total. The monoisotopic (exact) mass is 1230 g/mol. The maximum Gasteiger partial charge on any atom is 0.187 e. The lowest BCUT2D eigenvalue weighted by molar-refractivity contribution is 0.516. The molecule has 5 aromatic heterocycles. The van der Waals surface area contributed by atoms with Gasteiger partial charge in [-0.3, -0.25) is 0 Å². The van der Waals surface area contributed by atoms with Gasteiger partial charge in [0.1, 0.15) is 11.0 Å². The van der Waals surface area contributed by atoms with Crippen molar-refractivity contribution in [3.63, 3.8) is 0 Å². The maximum absolute atomic E-state index is 10.3. The number of aromatic nitrogens is 2. The number of rotatable bonds is 8. The van der Waals surface area contributed by atoms with E-state index in [9.17, 15) is 10.5 Å². The average molecular weight is 1230 g/mol. The normalized spacial score (nSPS) is 13.0. The molecule has 16 aromatic rings. The molecule has 0 bridgehead atoms. The van der Waals surface area contributed by atoms with Crippen LogP contribution in [0.1, 0.15) is 43.2 Å². The van der Waals surface area contributed by atoms with Gasteiger partial charge in [0.25, 0.3) is 0 Å². The van der Waals surface area contributed by atoms with E-state index in [2.05, 4.69) is 161 Å². The second-order valence-corrected chi connectivity index (χ2v) is 29.2. The van der Waals surface area contributed by atoms with Crippen molar-refractivity contribution in [1.82, 2.24) is 9.97 Å². The lowest BCUT2D eigenvalue weighted by Gasteiger charge is -2.25. The Morgan fingerprint density at radius 1 is 0.386 bits per heavy atom. The summed E-state index contributed by atoms with van der Waals surface area (Å²) in [6, 6.07) is 71.3. The highest BCUT2D eigenvalue weighted by atomic mass is 32.2. The molecule has 0 unspecified atom stereocenters. The minimum absolute atomic E-state index is 0.445. The summed E-state index contributed by atoms with van der Waals surface area (Å²) >= 11 is 10.6. The Bertz CT molecular complexity index is 5880. The van der Waals surface area contributed by atoms with Gasteiger partial charge in [-0.25, -0.2) is 19.7 Å². The minimum atomic E-state index is 0.445. The fraction of sp³-hybridized carbons (Fsp3) is 0.0789. The van der Waals surface area contributed by atoms with E-state index >= 15 is 0 Å². The molecule has 12 heteroatoms. The highest BCUT2D eigenvalue weighted by Gasteiger charge is 2.30. The predicted octanol–water partition coefficient (Wildman–Crippen LogP) is 24.3. The number of fused-ring (bicyclic) bond motifs is 14. The molecule has 1 aliphatic rings. The third kappa shape index (κ3) is 8.75. The molecule has 0 N–H and O–H groups in total. The first-order chi connectivity index (χ1) is 43.3. The van der Waals surface area contributed by atoms with Crippen LogP contribution in [0.2, 0.25) is 0 Å². The Morgan fingerprint density at radius 3 is 1.19 bits per heavy atom. The van der Waals surface area contributed by atoms with Crippen LogP contribution in [0.3, 0.4) is 0 Å². The molecule has 0 spiro atoms. The fourth-order valence-corrected chi connectivity index (χ4v) is 19.7. The number of thioether (sulfide) groups is 1. The van der Waals surface area contributed by atoms with E-state index in [4.69, 9.17) is 23.1 Å². The summed E-state index contributed by atoms with van der Waals surface area (Å²) in [5.74, 6) is 0. The Kier molecular flexibility index (Phi) is 12.7. The smallest absolute Gasteiger partial charge is 0.187 e. The van der Waals surface area contributed by atoms with Crippen molar-refractivity contribution in [2.45, 2.75) is 52.0 Å². The molecule has 1 fully saturated rings. The molecule has 0 radical (unpaired) electrons. The van der Waals surface area contributed by atoms with Crippen LogP contribution < -0.4 is 0 Å². The maximum atomic E-state index is 10.3. The van der Waals surface area contributed by atoms with Crippen LogP contribution >= 0.6 is 68.9 Å². The Labute approximate surface area is 529 Å². The Morgan fingerprint density at radius 2 is 0.761 bits per heavy atom. The van der Waals surface area contributed by atoms with Crippen molar-refractivity contribution < 1.29 is 0 Å². The summed E-state index contributed by atoms with van der Waals surface area (Å²) < 4.78 is 8.91. The van der Waals surface area contributed by atoms with E-state index < -0.39 is 0 Å². The van der Waals surface area contributed by atoms with E-state index in [0.29, 0.717) is 27.8 Å². The van der Waals surface area contributed by atoms with Crippen LogP contribution in [0.25, 0.3) is 157 Å². The van der Waals surface area contributed by atoms with Gasteiger partial charge in [0.2, 0.25) is 0 Å². The van der Waals surface area contributed by atoms with Crippen molar-refractivity contribution in [3.05, 3.63) is 222 Å². The lowest BCUT2D eigenvalue weighted by atomic mass is 9.80. The summed E-state index contributed by atoms with van der Waals surface area (Å²) in [7, 11) is 0. The van der Waals surface area contributed by atoms with E-state index in [-0.39, 0.29) is 0 Å². The van der Waals surface area contributed by atoms with Gasteiger partial charge in [-0.2, -0.15) is 10.5 Å². The number of nitriles is 2. The molecule has 0 saturated heterocycles. The van der Waals surface area contributed by atoms with Gasteiger partial charge in [-0.1, -0.05) is 97.8 Å². The van der Waals surface area contributed by atoms with Crippen LogP contribution in [0.15, 0.2) is 203 Å². The number of benzene rings is 11. The summed E-state index contributed by atoms with van der Waals surface area (Å²) in [4.78, 5) is 23.5. The molecule has 0 amide bonds. The quantitative estimate of drug-likeness (QED) is 0.111. The minimum Gasteiger partial charge on any atom is -0.243 e. The van der Waals surface area contributed by atoms with E-state index in [1.54, 1.807) is 57.1 Å². The van der Waals surface area contributed by atoms with E-state index in [1.165, 1.54) is 19.3 Å². The largest absolute Gasteiger partial charge is 0.243 e. The molecule has 17 rings (SSSR count). The molecule has 0 atom stereocenters. The average Bonchev–Trinajstić information content (AvgIpc) is 3.37. The molecular weight excluding hydrogens is 1190 g/mol. The van der Waals surface area contributed by atoms with Crippen LogP contribution in [0, 0.1) is 35.8 Å². The fourth-order valence-electron chi connectivity index (χ4n) is 13.2. The Balaban J connectivity index is 1.10. The van der Waals surface area contributed by atoms with Gasteiger partial charge in [0.15, 0.2) is 11.4 Å². The molecule has 412 valence electrons. The molecule has 0 aliphatic heterocycles. The summed E-state index contributed by atoms with van der Waals surface area (Å²) in [6.07, 6.45) is 5.97. The van der Waals surface area contributed by atoms with Gasteiger partial charge in [-0.05, 0) is 178 Å². The van der Waals surface area contributed by atoms with Gasteiger partial charge < -0.3 is 0 Å². The third-order valence-corrected chi connectivity index (χ3v) is 24.4. The zero-order chi connectivity index (χ0) is 58.7. The van der Waals surface area contributed by atoms with Crippen molar-refractivity contribution >= 4 is 183 Å². The molecular formula is C76H42N6S6. The van der Waals surface area contributed by atoms with E-state index in [1.807, 2.05) is 60.3 Å². The van der Waals surface area contributed by atoms with Crippen molar-refractivity contribution in [2.24, 2.45) is 0 Å². The van der Waals surface area contributed by atoms with Crippen molar-refractivity contribution in [2.75, 3.05) is 0 Å². The number of hydrogen-bond donors (Lipinski definition) is 0. The van der Waals surface area contributed by atoms with Crippen molar-refractivity contribution in [1.29, 1.82) is 10.5 Å². The van der Waals surface area contributed by atoms with Crippen molar-refractivity contribution in [3.8, 4) is 56.6 Å². The molecule has 88 heavy (non-hydrogen) atoms. The second kappa shape index (κ2) is 21.2. The first-order valence-corrected chi connectivity index (χ1v) is 34.0. The summed E-state index contributed by atoms with van der Waals surface area (Å²) in [5, 5.41) is 29.4. The van der Waals surface area contributed by atoms with Crippen LogP contribution in [-0.4, -0.2) is 15.2 Å². The first kappa shape index (κ1) is 52.9. The van der Waals surface area contributed by atoms with Gasteiger partial charge in [-0.15, -0.1) is 57.1 Å². The molecule has 5 heterocycles. The lowest BCUT2D eigenvalue weighted by Crippen LogP contribution is -2.08. The standard InChI is InChI=1S/C76H42N6S6/c1-79-47-19-27-65-57(37-47)55-34-44(16-24-63(55)87-65)70-69(43-15-23-61-53(33-43)51-31-41(39-77)13-21-59(51)85-61)71(45-17-25-62-54(35-45)52-32-42(40-78)14-22-60(52)86-62)75-76(72(70)46-18-26-64-56(36-46)58-38-48(80-2)20-28-66(58)88-64)82-74-68(84-50-11-7-4-8-12-50)30-29-67(73(74)81-75)83-49-9-5-3-6-10-49/h4,7-8,11-38,49H,3,5-6,9-10H2. The zero-order valence-electron chi connectivity index (χ0n) is 46.6. The van der Waals surface area contributed by atoms with Crippen LogP contribution in [-0.2, 0) is 0 Å². The van der Waals surface area contributed by atoms with Gasteiger partial charge >= 0.3 is 0 Å². The molecule has 1 aliphatic carbocycles. The number of nitrogens with zero attached hydrogens (tertiary/aromatic N) is 6. The van der Waals surface area contributed by atoms with Crippen LogP contribution in [0.4, 0.5) is 11.4 Å². The number of hydrogen-bond acceptors (Lipinski definition) is 10. The summed E-state index contributed by atoms with van der Waals surface area (Å²) in [6.45, 7) is 16.2. The van der Waals surface area contributed by atoms with Crippen LogP contribution in [0.5, 0.6) is 0 Å². The van der Waals surface area contributed by atoms with Gasteiger partial charge in [0.05, 0.1) is 47.4 Å². The molecule has 11 aromatic carbocycles.